The van der Waals surface area contributed by atoms with Crippen LogP contribution in [0.15, 0.2) is 41.1 Å². The van der Waals surface area contributed by atoms with E-state index in [2.05, 4.69) is 5.32 Å². The molecule has 2 aromatic rings. The van der Waals surface area contributed by atoms with E-state index in [1.165, 1.54) is 0 Å². The summed E-state index contributed by atoms with van der Waals surface area (Å²) in [5.74, 6) is 0.573. The third-order valence-electron chi connectivity index (χ3n) is 3.14. The molecule has 1 amide bonds. The Morgan fingerprint density at radius 3 is 2.81 bits per heavy atom. The van der Waals surface area contributed by atoms with Gasteiger partial charge >= 0.3 is 0 Å². The summed E-state index contributed by atoms with van der Waals surface area (Å²) in [6.07, 6.45) is -0.126. The third-order valence-corrected chi connectivity index (χ3v) is 3.84. The van der Waals surface area contributed by atoms with Crippen molar-refractivity contribution in [1.29, 1.82) is 0 Å². The molecule has 1 unspecified atom stereocenters. The molecule has 112 valence electrons. The maximum absolute atomic E-state index is 11.8. The molecule has 0 bridgehead atoms. The van der Waals surface area contributed by atoms with Crippen LogP contribution in [0.2, 0.25) is 0 Å². The highest BCUT2D eigenvalue weighted by Crippen LogP contribution is 2.18. The topological polar surface area (TPSA) is 47.6 Å². The van der Waals surface area contributed by atoms with Crippen molar-refractivity contribution in [2.45, 2.75) is 13.0 Å². The minimum atomic E-state index is -0.157. The Kier molecular flexibility index (Phi) is 5.78. The number of carbonyl (C=O) groups is 1. The van der Waals surface area contributed by atoms with E-state index in [0.29, 0.717) is 6.54 Å². The second kappa shape index (κ2) is 7.81. The minimum Gasteiger partial charge on any atom is -0.484 e. The first-order chi connectivity index (χ1) is 10.2. The Bertz CT molecular complexity index is 569. The van der Waals surface area contributed by atoms with Crippen molar-refractivity contribution in [2.75, 3.05) is 20.3 Å². The molecule has 0 saturated heterocycles. The zero-order valence-corrected chi connectivity index (χ0v) is 13.0. The monoisotopic (exact) mass is 305 g/mol. The number of aryl methyl sites for hydroxylation is 1. The van der Waals surface area contributed by atoms with Gasteiger partial charge in [0.1, 0.15) is 11.9 Å². The highest BCUT2D eigenvalue weighted by molar-refractivity contribution is 7.07. The number of amides is 1. The Morgan fingerprint density at radius 2 is 2.14 bits per heavy atom. The highest BCUT2D eigenvalue weighted by Gasteiger charge is 2.12. The number of carbonyl (C=O) groups excluding carboxylic acids is 1. The average Bonchev–Trinajstić information content (AvgIpc) is 3.01. The van der Waals surface area contributed by atoms with E-state index >= 15 is 0 Å². The Labute approximate surface area is 128 Å². The fourth-order valence-electron chi connectivity index (χ4n) is 1.91. The summed E-state index contributed by atoms with van der Waals surface area (Å²) in [5, 5.41) is 6.84. The van der Waals surface area contributed by atoms with Gasteiger partial charge in [-0.05, 0) is 40.9 Å². The van der Waals surface area contributed by atoms with Crippen molar-refractivity contribution in [1.82, 2.24) is 5.32 Å². The molecule has 0 radical (unpaired) electrons. The zero-order chi connectivity index (χ0) is 15.1. The number of hydrogen-bond acceptors (Lipinski definition) is 4. The van der Waals surface area contributed by atoms with Crippen LogP contribution in [0.5, 0.6) is 5.75 Å². The lowest BCUT2D eigenvalue weighted by Crippen LogP contribution is -2.32. The molecule has 1 N–H and O–H groups in total. The average molecular weight is 305 g/mol. The van der Waals surface area contributed by atoms with Gasteiger partial charge in [-0.3, -0.25) is 4.79 Å². The van der Waals surface area contributed by atoms with E-state index in [0.717, 1.165) is 16.9 Å². The predicted molar refractivity (Wildman–Crippen MR) is 83.8 cm³/mol. The first-order valence-electron chi connectivity index (χ1n) is 6.70. The molecular formula is C16H19NO3S. The Hall–Kier alpha value is -1.85. The van der Waals surface area contributed by atoms with Gasteiger partial charge in [-0.15, -0.1) is 0 Å². The van der Waals surface area contributed by atoms with Crippen molar-refractivity contribution in [3.63, 3.8) is 0 Å². The molecule has 5 heteroatoms. The Morgan fingerprint density at radius 1 is 1.33 bits per heavy atom. The number of thiophene rings is 1. The van der Waals surface area contributed by atoms with E-state index in [1.807, 2.05) is 48.0 Å². The maximum atomic E-state index is 11.8. The van der Waals surface area contributed by atoms with Crippen LogP contribution in [-0.2, 0) is 9.53 Å². The zero-order valence-electron chi connectivity index (χ0n) is 12.2. The molecule has 0 aliphatic rings. The molecule has 4 nitrogen and oxygen atoms in total. The predicted octanol–water partition coefficient (Wildman–Crippen LogP) is 2.94. The largest absolute Gasteiger partial charge is 0.484 e. The number of para-hydroxylation sites is 1. The standard InChI is InChI=1S/C16H19NO3S/c1-12-5-3-4-6-14(12)20-10-16(18)17-9-15(19-2)13-7-8-21-11-13/h3-8,11,15H,9-10H2,1-2H3,(H,17,18). The van der Waals surface area contributed by atoms with Gasteiger partial charge in [-0.25, -0.2) is 0 Å². The van der Waals surface area contributed by atoms with E-state index in [-0.39, 0.29) is 18.6 Å². The van der Waals surface area contributed by atoms with Gasteiger partial charge in [-0.2, -0.15) is 11.3 Å². The third kappa shape index (κ3) is 4.58. The van der Waals surface area contributed by atoms with Gasteiger partial charge < -0.3 is 14.8 Å². The molecule has 1 atom stereocenters. The van der Waals surface area contributed by atoms with Gasteiger partial charge in [-0.1, -0.05) is 18.2 Å². The lowest BCUT2D eigenvalue weighted by atomic mass is 10.2. The number of benzene rings is 1. The molecule has 1 aromatic heterocycles. The van der Waals surface area contributed by atoms with Crippen LogP contribution in [0, 0.1) is 6.92 Å². The molecule has 0 saturated carbocycles. The minimum absolute atomic E-state index is 0.00489. The van der Waals surface area contributed by atoms with Crippen molar-refractivity contribution >= 4 is 17.2 Å². The van der Waals surface area contributed by atoms with E-state index in [4.69, 9.17) is 9.47 Å². The summed E-state index contributed by atoms with van der Waals surface area (Å²) >= 11 is 1.61. The van der Waals surface area contributed by atoms with Crippen molar-refractivity contribution in [3.8, 4) is 5.75 Å². The second-order valence-corrected chi connectivity index (χ2v) is 5.42. The molecule has 1 aromatic carbocycles. The first-order valence-corrected chi connectivity index (χ1v) is 7.65. The molecule has 0 fully saturated rings. The SMILES string of the molecule is COC(CNC(=O)COc1ccccc1C)c1ccsc1. The molecule has 0 spiro atoms. The maximum Gasteiger partial charge on any atom is 0.258 e. The summed E-state index contributed by atoms with van der Waals surface area (Å²) in [6.45, 7) is 2.39. The normalized spacial score (nSPS) is 11.9. The number of rotatable bonds is 7. The fraction of sp³-hybridized carbons (Fsp3) is 0.312. The summed E-state index contributed by atoms with van der Waals surface area (Å²) in [4.78, 5) is 11.8. The lowest BCUT2D eigenvalue weighted by molar-refractivity contribution is -0.123. The fourth-order valence-corrected chi connectivity index (χ4v) is 2.62. The number of hydrogen-bond donors (Lipinski definition) is 1. The molecule has 1 heterocycles. The van der Waals surface area contributed by atoms with Crippen LogP contribution < -0.4 is 10.1 Å². The van der Waals surface area contributed by atoms with Crippen molar-refractivity contribution < 1.29 is 14.3 Å². The van der Waals surface area contributed by atoms with Crippen LogP contribution in [-0.4, -0.2) is 26.2 Å². The molecule has 0 aliphatic carbocycles. The van der Waals surface area contributed by atoms with Gasteiger partial charge in [0.05, 0.1) is 0 Å². The molecule has 2 rings (SSSR count). The number of methoxy groups -OCH3 is 1. The smallest absolute Gasteiger partial charge is 0.258 e. The van der Waals surface area contributed by atoms with Crippen LogP contribution in [0.25, 0.3) is 0 Å². The van der Waals surface area contributed by atoms with Gasteiger partial charge in [0, 0.05) is 13.7 Å². The van der Waals surface area contributed by atoms with Crippen molar-refractivity contribution in [3.05, 3.63) is 52.2 Å². The summed E-state index contributed by atoms with van der Waals surface area (Å²) in [5.41, 5.74) is 2.08. The van der Waals surface area contributed by atoms with E-state index in [1.54, 1.807) is 18.4 Å². The summed E-state index contributed by atoms with van der Waals surface area (Å²) in [6, 6.07) is 9.62. The molecule has 0 aliphatic heterocycles. The van der Waals surface area contributed by atoms with Gasteiger partial charge in [0.25, 0.3) is 5.91 Å². The lowest BCUT2D eigenvalue weighted by Gasteiger charge is -2.15. The van der Waals surface area contributed by atoms with Crippen molar-refractivity contribution in [2.24, 2.45) is 0 Å². The quantitative estimate of drug-likeness (QED) is 0.855. The van der Waals surface area contributed by atoms with E-state index < -0.39 is 0 Å². The summed E-state index contributed by atoms with van der Waals surface area (Å²) in [7, 11) is 1.64. The number of nitrogens with one attached hydrogen (secondary N) is 1. The second-order valence-electron chi connectivity index (χ2n) is 4.64. The molecule has 21 heavy (non-hydrogen) atoms. The molecular weight excluding hydrogens is 286 g/mol. The van der Waals surface area contributed by atoms with E-state index in [9.17, 15) is 4.79 Å². The van der Waals surface area contributed by atoms with Crippen LogP contribution in [0.3, 0.4) is 0 Å². The summed E-state index contributed by atoms with van der Waals surface area (Å²) < 4.78 is 10.9. The first kappa shape index (κ1) is 15.5. The van der Waals surface area contributed by atoms with Gasteiger partial charge in [0.2, 0.25) is 0 Å². The number of ether oxygens (including phenoxy) is 2. The van der Waals surface area contributed by atoms with Crippen LogP contribution in [0.4, 0.5) is 0 Å². The highest BCUT2D eigenvalue weighted by atomic mass is 32.1. The van der Waals surface area contributed by atoms with Crippen LogP contribution >= 0.6 is 11.3 Å². The van der Waals surface area contributed by atoms with Crippen LogP contribution in [0.1, 0.15) is 17.2 Å². The Balaban J connectivity index is 1.78. The van der Waals surface area contributed by atoms with Gasteiger partial charge in [0.15, 0.2) is 6.61 Å².